The van der Waals surface area contributed by atoms with Crippen LogP contribution < -0.4 is 16.0 Å². The smallest absolute Gasteiger partial charge is 0.241 e. The number of aromatic nitrogens is 5. The summed E-state index contributed by atoms with van der Waals surface area (Å²) in [6, 6.07) is 17.3. The molecule has 3 unspecified atom stereocenters. The van der Waals surface area contributed by atoms with E-state index in [1.54, 1.807) is 15.4 Å². The number of benzene rings is 1. The van der Waals surface area contributed by atoms with E-state index in [4.69, 9.17) is 10.7 Å². The molecule has 2 aliphatic rings. The lowest BCUT2D eigenvalue weighted by atomic mass is 10.0. The van der Waals surface area contributed by atoms with E-state index >= 15 is 0 Å². The Labute approximate surface area is 230 Å². The van der Waals surface area contributed by atoms with Crippen molar-refractivity contribution >= 4 is 17.2 Å². The van der Waals surface area contributed by atoms with E-state index in [9.17, 15) is 10.1 Å². The molecular weight excluding hydrogens is 502 g/mol. The third-order valence-electron chi connectivity index (χ3n) is 8.10. The van der Waals surface area contributed by atoms with Gasteiger partial charge < -0.3 is 16.0 Å². The Kier molecular flexibility index (Phi) is 5.61. The van der Waals surface area contributed by atoms with Crippen LogP contribution in [0.4, 0.5) is 5.82 Å². The van der Waals surface area contributed by atoms with Crippen molar-refractivity contribution in [3.63, 3.8) is 0 Å². The summed E-state index contributed by atoms with van der Waals surface area (Å²) in [7, 11) is 1.88. The first-order valence-corrected chi connectivity index (χ1v) is 13.2. The lowest BCUT2D eigenvalue weighted by Gasteiger charge is -2.22. The summed E-state index contributed by atoms with van der Waals surface area (Å²) < 4.78 is 3.50. The molecule has 5 heterocycles. The number of hydrogen-bond acceptors (Lipinski definition) is 7. The fraction of sp³-hybridized carbons (Fsp3) is 0.233. The Balaban J connectivity index is 1.07. The van der Waals surface area contributed by atoms with Gasteiger partial charge in [0.1, 0.15) is 17.9 Å². The van der Waals surface area contributed by atoms with Crippen molar-refractivity contribution in [1.29, 1.82) is 5.26 Å². The number of pyridine rings is 2. The number of amides is 1. The van der Waals surface area contributed by atoms with Crippen molar-refractivity contribution < 1.29 is 4.79 Å². The normalized spacial score (nSPS) is 20.2. The maximum absolute atomic E-state index is 12.7. The number of piperidine rings is 1. The van der Waals surface area contributed by atoms with Gasteiger partial charge in [-0.05, 0) is 23.8 Å². The van der Waals surface area contributed by atoms with E-state index in [1.807, 2.05) is 74.3 Å². The molecule has 0 radical (unpaired) electrons. The maximum Gasteiger partial charge on any atom is 0.241 e. The second kappa shape index (κ2) is 9.32. The minimum absolute atomic E-state index is 0.129. The van der Waals surface area contributed by atoms with Crippen LogP contribution in [0.1, 0.15) is 17.2 Å². The molecule has 1 amide bonds. The van der Waals surface area contributed by atoms with Crippen LogP contribution in [-0.4, -0.2) is 49.4 Å². The summed E-state index contributed by atoms with van der Waals surface area (Å²) in [6.07, 6.45) is 9.12. The van der Waals surface area contributed by atoms with Crippen LogP contribution in [0.3, 0.4) is 0 Å². The van der Waals surface area contributed by atoms with E-state index in [1.165, 1.54) is 0 Å². The average Bonchev–Trinajstić information content (AvgIpc) is 3.44. The summed E-state index contributed by atoms with van der Waals surface area (Å²) in [5.41, 5.74) is 12.0. The summed E-state index contributed by atoms with van der Waals surface area (Å²) in [4.78, 5) is 19.7. The number of nitrogens with zero attached hydrogens (tertiary/aromatic N) is 7. The van der Waals surface area contributed by atoms with E-state index in [0.717, 1.165) is 52.2 Å². The first-order chi connectivity index (χ1) is 19.5. The van der Waals surface area contributed by atoms with E-state index in [-0.39, 0.29) is 11.9 Å². The molecule has 4 aromatic heterocycles. The first-order valence-electron chi connectivity index (χ1n) is 13.2. The second-order valence-corrected chi connectivity index (χ2v) is 10.6. The van der Waals surface area contributed by atoms with Crippen molar-refractivity contribution in [2.24, 2.45) is 24.6 Å². The van der Waals surface area contributed by atoms with Gasteiger partial charge in [0.2, 0.25) is 5.91 Å². The zero-order chi connectivity index (χ0) is 27.4. The lowest BCUT2D eigenvalue weighted by molar-refractivity contribution is -0.122. The van der Waals surface area contributed by atoms with Gasteiger partial charge in [0.25, 0.3) is 0 Å². The molecule has 0 spiro atoms. The second-order valence-electron chi connectivity index (χ2n) is 10.6. The molecular formula is C30H27N9O. The molecule has 5 aromatic rings. The standard InChI is InChI=1S/C30H27N9O/c1-37-14-22(13-34-37)20-9-23(29-21(10-31)12-35-39(29)15-20)19-7-8-26(33-11-19)38-16-24-25(17-38)28(24)36-30(40)27(32)18-5-3-2-4-6-18/h2-9,11-15,24-25,27-28H,16-17,32H2,1H3,(H,36,40)/t24-,25?,27?,28?/m0/s1. The molecule has 1 aliphatic heterocycles. The number of anilines is 1. The monoisotopic (exact) mass is 529 g/mol. The van der Waals surface area contributed by atoms with Gasteiger partial charge in [-0.25, -0.2) is 9.50 Å². The van der Waals surface area contributed by atoms with Crippen LogP contribution in [0.5, 0.6) is 0 Å². The number of rotatable bonds is 6. The van der Waals surface area contributed by atoms with Gasteiger partial charge in [-0.3, -0.25) is 9.48 Å². The highest BCUT2D eigenvalue weighted by Crippen LogP contribution is 2.46. The van der Waals surface area contributed by atoms with E-state index in [0.29, 0.717) is 17.4 Å². The molecule has 0 bridgehead atoms. The van der Waals surface area contributed by atoms with Crippen molar-refractivity contribution in [2.45, 2.75) is 12.1 Å². The van der Waals surface area contributed by atoms with Gasteiger partial charge in [-0.1, -0.05) is 30.3 Å². The van der Waals surface area contributed by atoms with Gasteiger partial charge in [-0.15, -0.1) is 0 Å². The largest absolute Gasteiger partial charge is 0.356 e. The third-order valence-corrected chi connectivity index (χ3v) is 8.10. The van der Waals surface area contributed by atoms with Crippen molar-refractivity contribution in [1.82, 2.24) is 29.7 Å². The Hall–Kier alpha value is -5.01. The van der Waals surface area contributed by atoms with Gasteiger partial charge in [-0.2, -0.15) is 15.5 Å². The van der Waals surface area contributed by atoms with Gasteiger partial charge >= 0.3 is 0 Å². The highest BCUT2D eigenvalue weighted by molar-refractivity contribution is 5.87. The Morgan fingerprint density at radius 3 is 2.50 bits per heavy atom. The van der Waals surface area contributed by atoms with Crippen LogP contribution in [0, 0.1) is 23.2 Å². The molecule has 40 heavy (non-hydrogen) atoms. The SMILES string of the molecule is Cn1cc(-c2cc(-c3ccc(N4CC5C(NC(=O)C(N)c6ccccc6)[C@H]5C4)nc3)c3c(C#N)cnn3c2)cn1. The molecule has 1 aliphatic carbocycles. The number of aryl methyl sites for hydroxylation is 1. The van der Waals surface area contributed by atoms with E-state index in [2.05, 4.69) is 32.5 Å². The lowest BCUT2D eigenvalue weighted by Crippen LogP contribution is -2.39. The third kappa shape index (κ3) is 4.08. The minimum atomic E-state index is -0.659. The molecule has 2 fully saturated rings. The maximum atomic E-state index is 12.7. The summed E-state index contributed by atoms with van der Waals surface area (Å²) in [5.74, 6) is 1.56. The van der Waals surface area contributed by atoms with Gasteiger partial charge in [0.15, 0.2) is 0 Å². The zero-order valence-electron chi connectivity index (χ0n) is 21.8. The molecule has 10 heteroatoms. The first kappa shape index (κ1) is 24.1. The average molecular weight is 530 g/mol. The number of nitrogens with one attached hydrogen (secondary N) is 1. The molecule has 1 saturated carbocycles. The van der Waals surface area contributed by atoms with Crippen molar-refractivity contribution in [2.75, 3.05) is 18.0 Å². The van der Waals surface area contributed by atoms with Crippen LogP contribution in [0.15, 0.2) is 79.5 Å². The highest BCUT2D eigenvalue weighted by atomic mass is 16.2. The molecule has 10 nitrogen and oxygen atoms in total. The number of carbonyl (C=O) groups excluding carboxylic acids is 1. The predicted molar refractivity (Wildman–Crippen MR) is 150 cm³/mol. The fourth-order valence-electron chi connectivity index (χ4n) is 5.88. The van der Waals surface area contributed by atoms with Crippen LogP contribution in [-0.2, 0) is 11.8 Å². The minimum Gasteiger partial charge on any atom is -0.356 e. The zero-order valence-corrected chi connectivity index (χ0v) is 21.8. The Bertz CT molecular complexity index is 1750. The number of hydrogen-bond donors (Lipinski definition) is 2. The van der Waals surface area contributed by atoms with Crippen LogP contribution in [0.2, 0.25) is 0 Å². The fourth-order valence-corrected chi connectivity index (χ4v) is 5.88. The van der Waals surface area contributed by atoms with Crippen molar-refractivity contribution in [3.05, 3.63) is 90.6 Å². The molecule has 198 valence electrons. The summed E-state index contributed by atoms with van der Waals surface area (Å²) >= 11 is 0. The Morgan fingerprint density at radius 2 is 1.82 bits per heavy atom. The van der Waals surface area contributed by atoms with Crippen molar-refractivity contribution in [3.8, 4) is 28.3 Å². The number of carbonyl (C=O) groups is 1. The highest BCUT2D eigenvalue weighted by Gasteiger charge is 2.57. The quantitative estimate of drug-likeness (QED) is 0.346. The van der Waals surface area contributed by atoms with Crippen LogP contribution in [0.25, 0.3) is 27.8 Å². The predicted octanol–water partition coefficient (Wildman–Crippen LogP) is 2.92. The number of fused-ring (bicyclic) bond motifs is 2. The molecule has 3 N–H and O–H groups in total. The van der Waals surface area contributed by atoms with Gasteiger partial charge in [0, 0.05) is 78.9 Å². The Morgan fingerprint density at radius 1 is 1.02 bits per heavy atom. The summed E-state index contributed by atoms with van der Waals surface area (Å²) in [6.45, 7) is 1.68. The van der Waals surface area contributed by atoms with E-state index < -0.39 is 6.04 Å². The number of nitriles is 1. The van der Waals surface area contributed by atoms with Gasteiger partial charge in [0.05, 0.1) is 23.5 Å². The van der Waals surface area contributed by atoms with Crippen LogP contribution >= 0.6 is 0 Å². The number of nitrogens with two attached hydrogens (primary N) is 1. The summed E-state index contributed by atoms with van der Waals surface area (Å²) in [5, 5.41) is 21.6. The topological polar surface area (TPSA) is 130 Å². The molecule has 4 atom stereocenters. The molecule has 1 saturated heterocycles. The molecule has 7 rings (SSSR count). The molecule has 1 aromatic carbocycles.